The van der Waals surface area contributed by atoms with Crippen molar-refractivity contribution >= 4 is 29.2 Å². The van der Waals surface area contributed by atoms with Gasteiger partial charge >= 0.3 is 6.03 Å². The zero-order chi connectivity index (χ0) is 22.5. The summed E-state index contributed by atoms with van der Waals surface area (Å²) in [6.07, 6.45) is 1.27. The molecule has 4 rings (SSSR count). The summed E-state index contributed by atoms with van der Waals surface area (Å²) >= 11 is 6.13. The number of para-hydroxylation sites is 1. The number of ether oxygens (including phenoxy) is 2. The van der Waals surface area contributed by atoms with Crippen LogP contribution in [0.2, 0.25) is 5.02 Å². The van der Waals surface area contributed by atoms with Gasteiger partial charge < -0.3 is 19.7 Å². The monoisotopic (exact) mass is 457 g/mol. The minimum atomic E-state index is -0.107. The summed E-state index contributed by atoms with van der Waals surface area (Å²) < 4.78 is 11.3. The van der Waals surface area contributed by atoms with E-state index >= 15 is 0 Å². The number of halogens is 1. The molecule has 7 nitrogen and oxygen atoms in total. The molecule has 2 aromatic rings. The minimum absolute atomic E-state index is 0.0203. The topological polar surface area (TPSA) is 71.1 Å². The van der Waals surface area contributed by atoms with Gasteiger partial charge in [0.1, 0.15) is 18.1 Å². The van der Waals surface area contributed by atoms with Crippen LogP contribution >= 0.6 is 11.6 Å². The maximum atomic E-state index is 13.2. The zero-order valence-electron chi connectivity index (χ0n) is 18.2. The average Bonchev–Trinajstić information content (AvgIpc) is 2.82. The van der Waals surface area contributed by atoms with Gasteiger partial charge in [-0.25, -0.2) is 4.79 Å². The number of urea groups is 1. The fourth-order valence-corrected chi connectivity index (χ4v) is 4.33. The second-order valence-corrected chi connectivity index (χ2v) is 8.35. The number of anilines is 1. The van der Waals surface area contributed by atoms with Crippen molar-refractivity contribution in [2.75, 3.05) is 37.7 Å². The maximum Gasteiger partial charge on any atom is 0.324 e. The number of amides is 3. The predicted octanol–water partition coefficient (Wildman–Crippen LogP) is 4.09. The lowest BCUT2D eigenvalue weighted by molar-refractivity contribution is -0.126. The number of nitrogens with one attached hydrogen (secondary N) is 1. The number of fused-ring (bicyclic) bond motifs is 1. The Morgan fingerprint density at radius 2 is 1.94 bits per heavy atom. The van der Waals surface area contributed by atoms with Gasteiger partial charge in [-0.1, -0.05) is 29.8 Å². The van der Waals surface area contributed by atoms with Crippen molar-refractivity contribution in [3.8, 4) is 11.5 Å². The van der Waals surface area contributed by atoms with E-state index in [1.54, 1.807) is 23.1 Å². The normalized spacial score (nSPS) is 16.2. The van der Waals surface area contributed by atoms with Crippen molar-refractivity contribution in [1.29, 1.82) is 0 Å². The predicted molar refractivity (Wildman–Crippen MR) is 123 cm³/mol. The molecule has 0 atom stereocenters. The van der Waals surface area contributed by atoms with Crippen LogP contribution in [0.1, 0.15) is 25.3 Å². The van der Waals surface area contributed by atoms with Gasteiger partial charge in [0.2, 0.25) is 5.91 Å². The summed E-state index contributed by atoms with van der Waals surface area (Å²) in [6, 6.07) is 13.0. The molecule has 2 aromatic carbocycles. The Kier molecular flexibility index (Phi) is 7.05. The lowest BCUT2D eigenvalue weighted by atomic mass is 9.96. The van der Waals surface area contributed by atoms with Crippen LogP contribution < -0.4 is 19.7 Å². The highest BCUT2D eigenvalue weighted by Crippen LogP contribution is 2.35. The molecule has 0 aromatic heterocycles. The van der Waals surface area contributed by atoms with Crippen molar-refractivity contribution in [1.82, 2.24) is 10.2 Å². The molecule has 32 heavy (non-hydrogen) atoms. The Bertz CT molecular complexity index is 975. The number of piperidine rings is 1. The Balaban J connectivity index is 1.31. The van der Waals surface area contributed by atoms with Crippen LogP contribution in [0.3, 0.4) is 0 Å². The molecule has 170 valence electrons. The summed E-state index contributed by atoms with van der Waals surface area (Å²) in [5, 5.41) is 3.59. The summed E-state index contributed by atoms with van der Waals surface area (Å²) in [4.78, 5) is 29.4. The van der Waals surface area contributed by atoms with E-state index in [1.807, 2.05) is 36.1 Å². The number of carbonyl (C=O) groups excluding carboxylic acids is 2. The standard InChI is InChI=1S/C24H28ClN3O4/c1-2-31-21-6-4-3-5-18(21)16-26-23(29)17-9-11-27(12-10-17)24(30)28-13-14-32-22-8-7-19(25)15-20(22)28/h3-8,15,17H,2,9-14,16H2,1H3,(H,26,29). The first-order valence-electron chi connectivity index (χ1n) is 11.0. The fraction of sp³-hybridized carbons (Fsp3) is 0.417. The van der Waals surface area contributed by atoms with Crippen LogP contribution in [0.25, 0.3) is 0 Å². The highest BCUT2D eigenvalue weighted by Gasteiger charge is 2.32. The molecule has 0 saturated carbocycles. The van der Waals surface area contributed by atoms with Gasteiger partial charge in [0, 0.05) is 36.1 Å². The van der Waals surface area contributed by atoms with Gasteiger partial charge in [-0.2, -0.15) is 0 Å². The van der Waals surface area contributed by atoms with E-state index in [0.29, 0.717) is 68.7 Å². The molecule has 2 aliphatic heterocycles. The van der Waals surface area contributed by atoms with Crippen LogP contribution in [0.5, 0.6) is 11.5 Å². The molecular weight excluding hydrogens is 430 g/mol. The quantitative estimate of drug-likeness (QED) is 0.734. The van der Waals surface area contributed by atoms with Crippen LogP contribution in [0.4, 0.5) is 10.5 Å². The third kappa shape index (κ3) is 4.93. The minimum Gasteiger partial charge on any atom is -0.494 e. The van der Waals surface area contributed by atoms with Gasteiger partial charge in [-0.15, -0.1) is 0 Å². The van der Waals surface area contributed by atoms with Crippen molar-refractivity contribution in [2.24, 2.45) is 5.92 Å². The summed E-state index contributed by atoms with van der Waals surface area (Å²) in [5.74, 6) is 1.37. The molecule has 1 saturated heterocycles. The molecule has 1 N–H and O–H groups in total. The van der Waals surface area contributed by atoms with E-state index in [-0.39, 0.29) is 17.9 Å². The van der Waals surface area contributed by atoms with Crippen LogP contribution in [-0.2, 0) is 11.3 Å². The van der Waals surface area contributed by atoms with E-state index in [9.17, 15) is 9.59 Å². The first-order valence-corrected chi connectivity index (χ1v) is 11.4. The average molecular weight is 458 g/mol. The van der Waals surface area contributed by atoms with Gasteiger partial charge in [0.25, 0.3) is 0 Å². The Morgan fingerprint density at radius 1 is 1.16 bits per heavy atom. The number of carbonyl (C=O) groups is 2. The SMILES string of the molecule is CCOc1ccccc1CNC(=O)C1CCN(C(=O)N2CCOc3ccc(Cl)cc32)CC1. The first-order chi connectivity index (χ1) is 15.6. The molecule has 8 heteroatoms. The van der Waals surface area contributed by atoms with E-state index in [4.69, 9.17) is 21.1 Å². The zero-order valence-corrected chi connectivity index (χ0v) is 18.9. The van der Waals surface area contributed by atoms with Gasteiger partial charge in [-0.3, -0.25) is 9.69 Å². The smallest absolute Gasteiger partial charge is 0.324 e. The van der Waals surface area contributed by atoms with Crippen molar-refractivity contribution in [3.05, 3.63) is 53.1 Å². The number of likely N-dealkylation sites (tertiary alicyclic amines) is 1. The Labute approximate surface area is 193 Å². The van der Waals surface area contributed by atoms with E-state index in [2.05, 4.69) is 5.32 Å². The van der Waals surface area contributed by atoms with E-state index in [0.717, 1.165) is 11.3 Å². The molecule has 0 bridgehead atoms. The second kappa shape index (κ2) is 10.1. The largest absolute Gasteiger partial charge is 0.494 e. The number of rotatable bonds is 5. The van der Waals surface area contributed by atoms with Crippen LogP contribution in [0, 0.1) is 5.92 Å². The molecule has 1 fully saturated rings. The van der Waals surface area contributed by atoms with Crippen LogP contribution in [0.15, 0.2) is 42.5 Å². The molecule has 0 aliphatic carbocycles. The number of nitrogens with zero attached hydrogens (tertiary/aromatic N) is 2. The lowest BCUT2D eigenvalue weighted by Crippen LogP contribution is -2.50. The molecule has 3 amide bonds. The highest BCUT2D eigenvalue weighted by atomic mass is 35.5. The number of benzene rings is 2. The summed E-state index contributed by atoms with van der Waals surface area (Å²) in [7, 11) is 0. The van der Waals surface area contributed by atoms with Crippen molar-refractivity contribution in [2.45, 2.75) is 26.3 Å². The molecular formula is C24H28ClN3O4. The third-order valence-corrected chi connectivity index (χ3v) is 6.11. The maximum absolute atomic E-state index is 13.2. The second-order valence-electron chi connectivity index (χ2n) is 7.91. The molecule has 2 aliphatic rings. The summed E-state index contributed by atoms with van der Waals surface area (Å²) in [5.41, 5.74) is 1.65. The summed E-state index contributed by atoms with van der Waals surface area (Å²) in [6.45, 7) is 4.96. The highest BCUT2D eigenvalue weighted by molar-refractivity contribution is 6.31. The molecule has 2 heterocycles. The van der Waals surface area contributed by atoms with E-state index in [1.165, 1.54) is 0 Å². The van der Waals surface area contributed by atoms with Gasteiger partial charge in [0.05, 0.1) is 18.8 Å². The Hall–Kier alpha value is -2.93. The third-order valence-electron chi connectivity index (χ3n) is 5.88. The van der Waals surface area contributed by atoms with Crippen molar-refractivity contribution < 1.29 is 19.1 Å². The molecule has 0 radical (unpaired) electrons. The number of hydrogen-bond donors (Lipinski definition) is 1. The van der Waals surface area contributed by atoms with Crippen LogP contribution in [-0.4, -0.2) is 49.7 Å². The van der Waals surface area contributed by atoms with Gasteiger partial charge in [-0.05, 0) is 44.0 Å². The molecule has 0 spiro atoms. The Morgan fingerprint density at radius 3 is 2.72 bits per heavy atom. The lowest BCUT2D eigenvalue weighted by Gasteiger charge is -2.37. The van der Waals surface area contributed by atoms with Crippen molar-refractivity contribution in [3.63, 3.8) is 0 Å². The fourth-order valence-electron chi connectivity index (χ4n) is 4.17. The van der Waals surface area contributed by atoms with E-state index < -0.39 is 0 Å². The van der Waals surface area contributed by atoms with Gasteiger partial charge in [0.15, 0.2) is 0 Å². The first kappa shape index (κ1) is 22.3. The molecule has 0 unspecified atom stereocenters. The number of hydrogen-bond acceptors (Lipinski definition) is 4.